The molecule has 11 heterocycles. The molecule has 14 aromatic rings. The quantitative estimate of drug-likeness (QED) is 0.112. The van der Waals surface area contributed by atoms with Crippen molar-refractivity contribution in [2.75, 3.05) is 0 Å². The van der Waals surface area contributed by atoms with Crippen molar-refractivity contribution < 1.29 is 17.7 Å². The summed E-state index contributed by atoms with van der Waals surface area (Å²) >= 11 is 12.4. The van der Waals surface area contributed by atoms with Crippen LogP contribution in [0.4, 0.5) is 0 Å². The molecule has 11 aromatic heterocycles. The van der Waals surface area contributed by atoms with Gasteiger partial charge >= 0.3 is 0 Å². The number of hydrogen-bond donors (Lipinski definition) is 0. The molecule has 0 saturated heterocycles. The predicted molar refractivity (Wildman–Crippen MR) is 497 cm³/mol. The second-order valence-corrected chi connectivity index (χ2v) is 50.8. The van der Waals surface area contributed by atoms with Gasteiger partial charge in [0.05, 0.1) is 62.3 Å². The fourth-order valence-corrected chi connectivity index (χ4v) is 32.4. The fourth-order valence-electron chi connectivity index (χ4n) is 15.8. The summed E-state index contributed by atoms with van der Waals surface area (Å²) in [5.74, 6) is 38.0. The second-order valence-electron chi connectivity index (χ2n) is 30.9. The molecule has 0 atom stereocenters. The molecule has 111 heavy (non-hydrogen) atoms. The summed E-state index contributed by atoms with van der Waals surface area (Å²) < 4.78 is 27.5. The van der Waals surface area contributed by atoms with E-state index >= 15 is 0 Å². The molecule has 0 bridgehead atoms. The number of allylic oxidation sites excluding steroid dienone is 2. The first kappa shape index (κ1) is 83.4. The van der Waals surface area contributed by atoms with Gasteiger partial charge in [-0.1, -0.05) is 154 Å². The zero-order valence-corrected chi connectivity index (χ0v) is 77.1. The Morgan fingerprint density at radius 2 is 0.532 bits per heavy atom. The first-order chi connectivity index (χ1) is 52.8. The average molecular weight is 1620 g/mol. The van der Waals surface area contributed by atoms with Crippen LogP contribution < -0.4 is 0 Å². The summed E-state index contributed by atoms with van der Waals surface area (Å²) in [4.78, 5) is 14.7. The number of thiophene rings is 7. The number of benzene rings is 3. The number of furan rings is 4. The molecule has 0 N–H and O–H groups in total. The van der Waals surface area contributed by atoms with Gasteiger partial charge in [-0.25, -0.2) is 0 Å². The molecule has 0 amide bonds. The highest BCUT2D eigenvalue weighted by Crippen LogP contribution is 2.46. The van der Waals surface area contributed by atoms with Crippen molar-refractivity contribution in [2.24, 2.45) is 0 Å². The summed E-state index contributed by atoms with van der Waals surface area (Å²) in [6.45, 7) is 57.5. The van der Waals surface area contributed by atoms with Crippen LogP contribution in [0.1, 0.15) is 223 Å². The van der Waals surface area contributed by atoms with E-state index in [9.17, 15) is 0 Å². The highest BCUT2D eigenvalue weighted by Gasteiger charge is 2.43. The first-order valence-electron chi connectivity index (χ1n) is 38.4. The van der Waals surface area contributed by atoms with Crippen LogP contribution in [0.5, 0.6) is 0 Å². The van der Waals surface area contributed by atoms with Crippen LogP contribution in [-0.2, 0) is 0 Å². The molecule has 14 rings (SSSR count). The fraction of sp³-hybridized carbons (Fsp3) is 0.327. The largest absolute Gasteiger partial charge is 0.460 e. The van der Waals surface area contributed by atoms with Gasteiger partial charge in [0.25, 0.3) is 0 Å². The van der Waals surface area contributed by atoms with Crippen LogP contribution in [0.3, 0.4) is 0 Å². The third-order valence-corrected chi connectivity index (χ3v) is 40.7. The molecule has 0 unspecified atom stereocenters. The lowest BCUT2D eigenvalue weighted by Gasteiger charge is -2.38. The standard InChI is InChI=1S/C34H50O2Si2.C26H18O2S2.C26H18S4.C12H16S/c1-21(2)37(22(3)4,23(5)6)17-15-29-31-19-27(13)36-34(31)30(32-20-28(14)35-33(29)32)16-18-38(24(7)8,25(9)10)26(11)12;1-15-13-23-21(11-9-19-7-5-17(3)29-19)26-24(14-16(2)28-26)22(25(23)27-15)12-10-20-8-6-18(4)30-20;1-15-5-7-19(27-15)9-11-21-23-13-17(3)30-26(23)22(24-14-18(4)29-25(21)24)12-10-20-8-6-16(2)28-20;1-5-7-11-9(3)10(4)12(13-11)8-6-2/h19-26H,1-14H3;2*5-8,13-14H,1-4H3;5-8H,1-4H3/b;;;7-5+,8-6?. The maximum Gasteiger partial charge on any atom is 0.152 e. The Morgan fingerprint density at radius 1 is 0.279 bits per heavy atom. The molecule has 0 radical (unpaired) electrons. The Kier molecular flexibility index (Phi) is 26.5. The summed E-state index contributed by atoms with van der Waals surface area (Å²) in [6.07, 6.45) is 8.55. The van der Waals surface area contributed by atoms with E-state index in [0.717, 1.165) is 120 Å². The van der Waals surface area contributed by atoms with Gasteiger partial charge in [0.1, 0.15) is 39.2 Å². The average Bonchev–Trinajstić information content (AvgIpc) is 1.61. The third-order valence-electron chi connectivity index (χ3n) is 21.0. The molecular weight excluding hydrogens is 1520 g/mol. The van der Waals surface area contributed by atoms with Gasteiger partial charge in [-0.3, -0.25) is 0 Å². The van der Waals surface area contributed by atoms with E-state index in [4.69, 9.17) is 17.7 Å². The van der Waals surface area contributed by atoms with Gasteiger partial charge in [0.2, 0.25) is 0 Å². The Morgan fingerprint density at radius 3 is 0.766 bits per heavy atom. The Hall–Kier alpha value is -8.49. The van der Waals surface area contributed by atoms with E-state index in [0.29, 0.717) is 33.2 Å². The number of fused-ring (bicyclic) bond motifs is 6. The molecule has 0 aliphatic heterocycles. The van der Waals surface area contributed by atoms with Crippen LogP contribution >= 0.6 is 79.4 Å². The molecule has 0 aliphatic carbocycles. The van der Waals surface area contributed by atoms with Crippen molar-refractivity contribution >= 4 is 172 Å². The van der Waals surface area contributed by atoms with Crippen LogP contribution in [-0.4, -0.2) is 16.1 Å². The molecule has 4 nitrogen and oxygen atoms in total. The minimum atomic E-state index is -1.92. The molecule has 0 fully saturated rings. The predicted octanol–water partition coefficient (Wildman–Crippen LogP) is 31.0. The summed E-state index contributed by atoms with van der Waals surface area (Å²) in [6, 6.07) is 29.6. The second kappa shape index (κ2) is 35.3. The van der Waals surface area contributed by atoms with E-state index in [1.54, 1.807) is 45.3 Å². The van der Waals surface area contributed by atoms with Crippen LogP contribution in [0.15, 0.2) is 115 Å². The zero-order chi connectivity index (χ0) is 80.2. The lowest BCUT2D eigenvalue weighted by molar-refractivity contribution is 0.574. The number of aryl methyl sites for hydroxylation is 10. The smallest absolute Gasteiger partial charge is 0.152 e. The van der Waals surface area contributed by atoms with E-state index in [2.05, 4.69) is 320 Å². The van der Waals surface area contributed by atoms with Crippen molar-refractivity contribution in [3.05, 3.63) is 223 Å². The van der Waals surface area contributed by atoms with Crippen molar-refractivity contribution in [1.82, 2.24) is 0 Å². The van der Waals surface area contributed by atoms with Gasteiger partial charge in [0.15, 0.2) is 22.3 Å². The molecule has 0 aliphatic rings. The van der Waals surface area contributed by atoms with Crippen molar-refractivity contribution in [2.45, 2.75) is 213 Å². The summed E-state index contributed by atoms with van der Waals surface area (Å²) in [7, 11) is -3.84. The van der Waals surface area contributed by atoms with Gasteiger partial charge in [-0.05, 0) is 238 Å². The lowest BCUT2D eigenvalue weighted by Crippen LogP contribution is -2.43. The van der Waals surface area contributed by atoms with E-state index in [-0.39, 0.29) is 0 Å². The Balaban J connectivity index is 0.000000153. The van der Waals surface area contributed by atoms with Crippen LogP contribution in [0.25, 0.3) is 76.2 Å². The maximum atomic E-state index is 6.39. The topological polar surface area (TPSA) is 52.6 Å². The third kappa shape index (κ3) is 17.8. The highest BCUT2D eigenvalue weighted by molar-refractivity contribution is 7.21. The van der Waals surface area contributed by atoms with E-state index in [1.165, 1.54) is 70.3 Å². The molecule has 0 spiro atoms. The first-order valence-corrected chi connectivity index (χ1v) is 48.6. The Labute approximate surface area is 689 Å². The minimum absolute atomic E-state index is 0.566. The molecular formula is C98H102O4S7Si2. The van der Waals surface area contributed by atoms with Gasteiger partial charge < -0.3 is 17.7 Å². The van der Waals surface area contributed by atoms with Gasteiger partial charge in [-0.2, -0.15) is 0 Å². The van der Waals surface area contributed by atoms with E-state index in [1.807, 2.05) is 73.8 Å². The molecule has 3 aromatic carbocycles. The molecule has 0 saturated carbocycles. The van der Waals surface area contributed by atoms with Gasteiger partial charge in [0, 0.05) is 71.3 Å². The van der Waals surface area contributed by atoms with E-state index < -0.39 is 16.1 Å². The van der Waals surface area contributed by atoms with Crippen LogP contribution in [0, 0.1) is 153 Å². The van der Waals surface area contributed by atoms with Crippen molar-refractivity contribution in [3.63, 3.8) is 0 Å². The zero-order valence-electron chi connectivity index (χ0n) is 69.3. The van der Waals surface area contributed by atoms with Gasteiger partial charge in [-0.15, -0.1) is 90.4 Å². The maximum absolute atomic E-state index is 6.39. The van der Waals surface area contributed by atoms with Crippen molar-refractivity contribution in [3.8, 4) is 70.3 Å². The van der Waals surface area contributed by atoms with Crippen molar-refractivity contribution in [1.29, 1.82) is 0 Å². The summed E-state index contributed by atoms with van der Waals surface area (Å²) in [5, 5.41) is 6.43. The monoisotopic (exact) mass is 1620 g/mol. The normalized spacial score (nSPS) is 11.7. The molecule has 568 valence electrons. The Bertz CT molecular complexity index is 5480. The lowest BCUT2D eigenvalue weighted by atomic mass is 10.0. The van der Waals surface area contributed by atoms with Crippen LogP contribution in [0.2, 0.25) is 33.2 Å². The summed E-state index contributed by atoms with van der Waals surface area (Å²) in [5.41, 5.74) is 23.3. The number of hydrogen-bond acceptors (Lipinski definition) is 11. The SMILES string of the molecule is CC=Cc1sc(/C=C/C)c(C)c1C.Cc1cc2c(C#C[Si](C(C)C)(C(C)C)C(C)C)c3oc(C)cc3c(C#C[Si](C(C)C)(C(C)C)C(C)C)c2o1.Cc1cc2c(C#Cc3ccc(C)s3)c3oc(C)cc3c(C#Cc3ccc(C)s3)c2o1.Cc1ccc(C#Cc2c3cc(C)sc3c(C#Cc3ccc(C)s3)c3cc(C)sc23)s1. The minimum Gasteiger partial charge on any atom is -0.460 e. The molecule has 13 heteroatoms. The number of rotatable bonds is 8. The highest BCUT2D eigenvalue weighted by atomic mass is 32.1.